The van der Waals surface area contributed by atoms with Crippen molar-refractivity contribution in [3.8, 4) is 68.6 Å². The number of hydrogen-bond acceptors (Lipinski definition) is 28. The van der Waals surface area contributed by atoms with Crippen molar-refractivity contribution in [1.82, 2.24) is 31.9 Å². The summed E-state index contributed by atoms with van der Waals surface area (Å²) in [5.41, 5.74) is 8.80. The van der Waals surface area contributed by atoms with Gasteiger partial charge in [-0.25, -0.2) is 9.59 Å². The summed E-state index contributed by atoms with van der Waals surface area (Å²) in [7, 11) is 1.69. The Morgan fingerprint density at radius 1 is 0.725 bits per heavy atom. The first kappa shape index (κ1) is 90.3. The zero-order valence-electron chi connectivity index (χ0n) is 66.5. The highest BCUT2D eigenvalue weighted by Gasteiger charge is 2.52. The van der Waals surface area contributed by atoms with E-state index in [9.17, 15) is 65.1 Å². The number of aliphatic hydroxyl groups is 5. The van der Waals surface area contributed by atoms with Crippen LogP contribution in [0.25, 0.3) is 11.1 Å². The molecule has 646 valence electrons. The van der Waals surface area contributed by atoms with Crippen LogP contribution in [0.5, 0.6) is 57.5 Å². The van der Waals surface area contributed by atoms with Gasteiger partial charge in [-0.1, -0.05) is 75.5 Å². The number of carboxylic acids is 1. The van der Waals surface area contributed by atoms with E-state index in [0.717, 1.165) is 61.0 Å². The molecule has 20 N–H and O–H groups in total. The van der Waals surface area contributed by atoms with Gasteiger partial charge in [0.05, 0.1) is 46.4 Å². The van der Waals surface area contributed by atoms with Crippen molar-refractivity contribution in [3.05, 3.63) is 135 Å². The number of carboxylic acid groups (broad SMARTS) is 1. The number of halogens is 2. The van der Waals surface area contributed by atoms with Crippen molar-refractivity contribution >= 4 is 82.0 Å². The summed E-state index contributed by atoms with van der Waals surface area (Å²) in [6, 6.07) is 8.71. The lowest BCUT2D eigenvalue weighted by atomic mass is 9.84. The molecule has 7 aliphatic rings. The Balaban J connectivity index is 1.15. The number of ketones is 2. The number of aliphatic carboxylic acids is 1. The minimum absolute atomic E-state index is 0.0248. The van der Waals surface area contributed by atoms with Crippen molar-refractivity contribution in [2.24, 2.45) is 29.2 Å². The number of amides is 7. The van der Waals surface area contributed by atoms with Crippen LogP contribution in [0, 0.1) is 17.8 Å². The molecular weight excluding hydrogens is 1610 g/mol. The fourth-order valence-electron chi connectivity index (χ4n) is 15.0. The number of phenols is 3. The summed E-state index contributed by atoms with van der Waals surface area (Å²) in [5, 5.41) is 122. The zero-order chi connectivity index (χ0) is 87.0. The molecule has 7 aliphatic heterocycles. The Morgan fingerprint density at radius 2 is 1.40 bits per heavy atom. The molecule has 0 aliphatic carbocycles. The van der Waals surface area contributed by atoms with Crippen molar-refractivity contribution in [2.45, 2.75) is 190 Å². The molecule has 7 heterocycles. The highest BCUT2D eigenvalue weighted by atomic mass is 35.5. The van der Waals surface area contributed by atoms with Gasteiger partial charge in [0.2, 0.25) is 41.6 Å². The second-order valence-electron chi connectivity index (χ2n) is 31.0. The van der Waals surface area contributed by atoms with E-state index in [2.05, 4.69) is 37.2 Å². The van der Waals surface area contributed by atoms with Crippen LogP contribution in [0.4, 0.5) is 10.5 Å². The van der Waals surface area contributed by atoms with Gasteiger partial charge in [-0.2, -0.15) is 0 Å². The molecule has 0 aromatic heterocycles. The third-order valence-electron chi connectivity index (χ3n) is 21.5. The molecule has 35 nitrogen and oxygen atoms in total. The van der Waals surface area contributed by atoms with Crippen LogP contribution in [0.3, 0.4) is 0 Å². The number of phenolic OH excluding ortho intramolecular Hbond substituents is 3. The number of hydrogen-bond donors (Lipinski definition) is 18. The maximum atomic E-state index is 16.6. The molecule has 2 saturated heterocycles. The van der Waals surface area contributed by atoms with Gasteiger partial charge in [0.15, 0.2) is 41.5 Å². The highest BCUT2D eigenvalue weighted by molar-refractivity contribution is 6.32. The number of unbranched alkanes of at least 4 members (excludes halogenated alkanes) is 1. The Kier molecular flexibility index (Phi) is 29.3. The zero-order valence-corrected chi connectivity index (χ0v) is 68.0. The minimum atomic E-state index is -2.29. The molecule has 0 radical (unpaired) electrons. The molecule has 7 amide bonds. The van der Waals surface area contributed by atoms with Gasteiger partial charge >= 0.3 is 12.0 Å². The topological polar surface area (TPSA) is 546 Å². The Bertz CT molecular complexity index is 4840. The van der Waals surface area contributed by atoms with Crippen LogP contribution in [0.15, 0.2) is 97.1 Å². The summed E-state index contributed by atoms with van der Waals surface area (Å²) in [4.78, 5) is 137. The van der Waals surface area contributed by atoms with Gasteiger partial charge in [0.25, 0.3) is 0 Å². The van der Waals surface area contributed by atoms with Crippen molar-refractivity contribution in [2.75, 3.05) is 38.7 Å². The monoisotopic (exact) mass is 1710 g/mol. The van der Waals surface area contributed by atoms with E-state index in [1.165, 1.54) is 50.2 Å². The molecule has 6 aromatic rings. The number of aromatic hydroxyl groups is 3. The molecule has 0 unspecified atom stereocenters. The number of imide groups is 1. The van der Waals surface area contributed by atoms with Gasteiger partial charge in [-0.05, 0) is 135 Å². The van der Waals surface area contributed by atoms with E-state index < -0.39 is 250 Å². The number of benzene rings is 6. The third-order valence-corrected chi connectivity index (χ3v) is 22.1. The number of ether oxygens (including phenoxy) is 8. The molecule has 2 fully saturated rings. The largest absolute Gasteiger partial charge is 0.508 e. The molecular formula is C83H99Cl2N9O26. The smallest absolute Gasteiger partial charge is 0.330 e. The average Bonchev–Trinajstić information content (AvgIpc) is 0.770. The Hall–Kier alpha value is -10.5. The molecule has 0 saturated carbocycles. The van der Waals surface area contributed by atoms with E-state index in [1.54, 1.807) is 20.0 Å². The summed E-state index contributed by atoms with van der Waals surface area (Å²) < 4.78 is 51.1. The van der Waals surface area contributed by atoms with E-state index in [4.69, 9.17) is 72.6 Å². The van der Waals surface area contributed by atoms with E-state index in [1.807, 2.05) is 20.8 Å². The van der Waals surface area contributed by atoms with Gasteiger partial charge in [-0.3, -0.25) is 38.9 Å². The SMILES string of the molecule is CCCCOc1ccc(OCCNC)c(NC(=O)NC(=O)C[C@@H]2CC(=O)[C@H](NC(=O)[C@H](CC)CC(C)C)[C@H](O)c3ccc(c(Cl)c3)Oc3cc4cc(c3O[C@@H]3O[C@H](CN)[C@@H](O)[C@H](O)[C@H]3O[C@H]3C[C@](C)(N)[C@H](O)[C@H](C)O3)Oc3ccc(cc3Cl)[C@@H](O)[C@@H]3NC(=O)[C@H](CC(=O)[C@@H]4NC2=O)c2ccc(O)c(c2)-c2c(O)cc(O)cc2[C@@H](C(=O)O)NC3=O)c1. The van der Waals surface area contributed by atoms with Crippen LogP contribution in [-0.2, 0) is 52.6 Å². The fraction of sp³-hybridized carbons (Fsp3) is 0.458. The van der Waals surface area contributed by atoms with Crippen molar-refractivity contribution in [1.29, 1.82) is 0 Å². The standard InChI is InChI=1S/C83H99Cl2N9O26/c1-8-10-20-113-45-14-18-58(114-21-19-88-7)51(32-45)89-82(112)90-62(100)29-43-26-54(98)67(93-76(106)38(9-2)22-36(3)4)69(101)40-12-16-56(49(84)24-40)116-59-27-42-28-60(73(59)120-81-74(72(104)71(103)61(35-86)118-81)119-63-34-83(6,87)75(105)37(5)115-63)117-57-17-13-41(25-50(57)85)70(102)68-79(109)92-66(80(110)111)48-30-44(95)31-53(97)64(48)47-23-39(11-15-52(47)96)46(78(108)94-68)33-55(99)65(42)91-77(43)107/h11-18,23-25,27-28,30-32,36-38,43,46,61,63,65-72,74-75,81,88,95-97,101-105H,8-10,19-22,26,29,33-35,86-87H2,1-7H3,(H,91,107)(H,92,109)(H,93,106)(H,94,108)(H,110,111)(H2,89,90,100,112)/t37-,38+,43-,46+,61+,63-,65+,66-,67-,68-,69+,70+,71+,72-,74+,75+,81-,83-/m0/s1. The lowest BCUT2D eigenvalue weighted by molar-refractivity contribution is -0.330. The summed E-state index contributed by atoms with van der Waals surface area (Å²) in [5.74, 6) is -19.5. The first-order valence-corrected chi connectivity index (χ1v) is 39.9. The Labute approximate surface area is 698 Å². The lowest BCUT2D eigenvalue weighted by Gasteiger charge is -2.47. The number of carbonyl (C=O) groups excluding carboxylic acids is 8. The van der Waals surface area contributed by atoms with Gasteiger partial charge in [-0.15, -0.1) is 0 Å². The normalized spacial score (nSPS) is 26.6. The van der Waals surface area contributed by atoms with Crippen LogP contribution in [-0.4, -0.2) is 199 Å². The summed E-state index contributed by atoms with van der Waals surface area (Å²) >= 11 is 14.4. The number of urea groups is 1. The number of carbonyl (C=O) groups is 9. The summed E-state index contributed by atoms with van der Waals surface area (Å²) in [6.45, 7) is 10.7. The number of likely N-dealkylation sites (N-methyl/N-ethyl adjacent to an activating group) is 1. The second-order valence-corrected chi connectivity index (χ2v) is 31.8. The number of anilines is 1. The fourth-order valence-corrected chi connectivity index (χ4v) is 15.5. The number of aliphatic hydroxyl groups excluding tert-OH is 5. The molecule has 37 heteroatoms. The van der Waals surface area contributed by atoms with Crippen LogP contribution in [0.1, 0.15) is 151 Å². The number of fused-ring (bicyclic) bond motifs is 15. The maximum Gasteiger partial charge on any atom is 0.330 e. The quantitative estimate of drug-likeness (QED) is 0.0340. The third kappa shape index (κ3) is 20.7. The highest BCUT2D eigenvalue weighted by Crippen LogP contribution is 2.51. The lowest BCUT2D eigenvalue weighted by Crippen LogP contribution is -2.65. The number of nitrogens with two attached hydrogens (primary N) is 2. The van der Waals surface area contributed by atoms with Gasteiger partial charge in [0, 0.05) is 79.1 Å². The predicted octanol–water partition coefficient (Wildman–Crippen LogP) is 6.13. The number of nitrogens with one attached hydrogen (secondary N) is 7. The summed E-state index contributed by atoms with van der Waals surface area (Å²) in [6.07, 6.45) is -18.6. The van der Waals surface area contributed by atoms with E-state index >= 15 is 24.0 Å². The first-order valence-electron chi connectivity index (χ1n) is 39.2. The van der Waals surface area contributed by atoms with Gasteiger partial charge < -0.3 is 127 Å². The predicted molar refractivity (Wildman–Crippen MR) is 429 cm³/mol. The molecule has 11 bridgehead atoms. The van der Waals surface area contributed by atoms with Crippen LogP contribution >= 0.6 is 23.2 Å². The average molecular weight is 1710 g/mol. The molecule has 120 heavy (non-hydrogen) atoms. The molecule has 0 spiro atoms. The van der Waals surface area contributed by atoms with Gasteiger partial charge in [0.1, 0.15) is 95.5 Å². The molecule has 18 atom stereocenters. The number of Topliss-reactive ketones (excluding diaryl/α,β-unsaturated/α-hetero) is 2. The minimum Gasteiger partial charge on any atom is -0.508 e. The first-order chi connectivity index (χ1) is 57.0. The molecule has 13 rings (SSSR count). The maximum absolute atomic E-state index is 16.6. The van der Waals surface area contributed by atoms with Crippen LogP contribution < -0.4 is 72.4 Å². The van der Waals surface area contributed by atoms with E-state index in [0.29, 0.717) is 31.7 Å². The number of rotatable bonds is 22. The molecule has 6 aromatic carbocycles. The van der Waals surface area contributed by atoms with Crippen molar-refractivity contribution in [3.63, 3.8) is 0 Å². The van der Waals surface area contributed by atoms with Crippen molar-refractivity contribution < 1.29 is 127 Å². The Morgan fingerprint density at radius 3 is 2.02 bits per heavy atom. The van der Waals surface area contributed by atoms with E-state index in [-0.39, 0.29) is 70.0 Å². The second kappa shape index (κ2) is 38.9. The van der Waals surface area contributed by atoms with Crippen LogP contribution in [0.2, 0.25) is 10.0 Å².